The Morgan fingerprint density at radius 3 is 2.67 bits per heavy atom. The molecule has 0 aliphatic heterocycles. The summed E-state index contributed by atoms with van der Waals surface area (Å²) in [5.74, 6) is -1.95. The minimum atomic E-state index is -0.891. The maximum Gasteiger partial charge on any atom is 0.307 e. The number of likely N-dealkylation sites (N-methyl/N-ethyl adjacent to an activating group) is 1. The second-order valence-electron chi connectivity index (χ2n) is 5.30. The van der Waals surface area contributed by atoms with Gasteiger partial charge in [-0.05, 0) is 31.2 Å². The lowest BCUT2D eigenvalue weighted by molar-refractivity contribution is -0.142. The SMILES string of the molecule is Cc1ccc(CNC(=O)CN(C)CC(C)C(=O)O)cc1F. The average molecular weight is 296 g/mol. The van der Waals surface area contributed by atoms with Crippen LogP contribution in [-0.4, -0.2) is 42.0 Å². The number of benzene rings is 1. The number of hydrogen-bond acceptors (Lipinski definition) is 3. The normalized spacial score (nSPS) is 12.2. The van der Waals surface area contributed by atoms with E-state index >= 15 is 0 Å². The standard InChI is InChI=1S/C15H21FN2O3/c1-10-4-5-12(6-13(10)16)7-17-14(19)9-18(3)8-11(2)15(20)21/h4-6,11H,7-9H2,1-3H3,(H,17,19)(H,20,21). The molecule has 0 saturated heterocycles. The number of amides is 1. The van der Waals surface area contributed by atoms with Gasteiger partial charge in [-0.15, -0.1) is 0 Å². The maximum atomic E-state index is 13.4. The number of aliphatic carboxylic acids is 1. The van der Waals surface area contributed by atoms with E-state index in [4.69, 9.17) is 5.11 Å². The predicted octanol–water partition coefficient (Wildman–Crippen LogP) is 1.40. The Morgan fingerprint density at radius 1 is 1.43 bits per heavy atom. The molecule has 1 aromatic carbocycles. The molecule has 0 fully saturated rings. The molecule has 6 heteroatoms. The van der Waals surface area contributed by atoms with Gasteiger partial charge in [0.25, 0.3) is 0 Å². The second-order valence-corrected chi connectivity index (χ2v) is 5.30. The van der Waals surface area contributed by atoms with E-state index in [1.54, 1.807) is 37.9 Å². The predicted molar refractivity (Wildman–Crippen MR) is 77.3 cm³/mol. The summed E-state index contributed by atoms with van der Waals surface area (Å²) in [6, 6.07) is 4.82. The molecule has 2 N–H and O–H groups in total. The zero-order valence-corrected chi connectivity index (χ0v) is 12.5. The first-order valence-electron chi connectivity index (χ1n) is 6.72. The molecule has 0 aliphatic carbocycles. The van der Waals surface area contributed by atoms with Crippen LogP contribution in [0.5, 0.6) is 0 Å². The first kappa shape index (κ1) is 17.1. The zero-order chi connectivity index (χ0) is 16.0. The fourth-order valence-corrected chi connectivity index (χ4v) is 1.86. The van der Waals surface area contributed by atoms with Crippen LogP contribution in [0.25, 0.3) is 0 Å². The number of carboxylic acids is 1. The molecule has 1 unspecified atom stereocenters. The monoisotopic (exact) mass is 296 g/mol. The molecule has 1 aromatic rings. The molecular weight excluding hydrogens is 275 g/mol. The Labute approximate surface area is 123 Å². The summed E-state index contributed by atoms with van der Waals surface area (Å²) in [6.45, 7) is 3.91. The summed E-state index contributed by atoms with van der Waals surface area (Å²) < 4.78 is 13.4. The van der Waals surface area contributed by atoms with E-state index in [1.165, 1.54) is 6.07 Å². The fraction of sp³-hybridized carbons (Fsp3) is 0.467. The zero-order valence-electron chi connectivity index (χ0n) is 12.5. The molecule has 0 heterocycles. The largest absolute Gasteiger partial charge is 0.481 e. The first-order chi connectivity index (χ1) is 9.79. The highest BCUT2D eigenvalue weighted by atomic mass is 19.1. The lowest BCUT2D eigenvalue weighted by Gasteiger charge is -2.18. The number of halogens is 1. The quantitative estimate of drug-likeness (QED) is 0.798. The van der Waals surface area contributed by atoms with Crippen molar-refractivity contribution in [3.8, 4) is 0 Å². The van der Waals surface area contributed by atoms with Gasteiger partial charge in [-0.1, -0.05) is 19.1 Å². The number of nitrogens with zero attached hydrogens (tertiary/aromatic N) is 1. The van der Waals surface area contributed by atoms with Gasteiger partial charge in [0, 0.05) is 13.1 Å². The molecule has 5 nitrogen and oxygen atoms in total. The van der Waals surface area contributed by atoms with E-state index in [9.17, 15) is 14.0 Å². The maximum absolute atomic E-state index is 13.4. The van der Waals surface area contributed by atoms with Crippen molar-refractivity contribution in [2.75, 3.05) is 20.1 Å². The van der Waals surface area contributed by atoms with Crippen molar-refractivity contribution in [1.82, 2.24) is 10.2 Å². The molecule has 1 amide bonds. The van der Waals surface area contributed by atoms with Crippen molar-refractivity contribution in [1.29, 1.82) is 0 Å². The minimum Gasteiger partial charge on any atom is -0.481 e. The molecule has 0 saturated carbocycles. The van der Waals surface area contributed by atoms with Crippen molar-refractivity contribution in [3.63, 3.8) is 0 Å². The molecule has 0 radical (unpaired) electrons. The molecule has 0 spiro atoms. The van der Waals surface area contributed by atoms with Gasteiger partial charge in [0.15, 0.2) is 0 Å². The van der Waals surface area contributed by atoms with Crippen molar-refractivity contribution < 1.29 is 19.1 Å². The molecule has 0 aromatic heterocycles. The topological polar surface area (TPSA) is 69.6 Å². The Morgan fingerprint density at radius 2 is 2.10 bits per heavy atom. The Kier molecular flexibility index (Phi) is 6.30. The summed E-state index contributed by atoms with van der Waals surface area (Å²) in [7, 11) is 1.69. The van der Waals surface area contributed by atoms with Crippen LogP contribution in [0.4, 0.5) is 4.39 Å². The van der Waals surface area contributed by atoms with Gasteiger partial charge in [-0.25, -0.2) is 4.39 Å². The average Bonchev–Trinajstić information content (AvgIpc) is 2.39. The van der Waals surface area contributed by atoms with Gasteiger partial charge in [0.1, 0.15) is 5.82 Å². The molecule has 1 rings (SSSR count). The molecule has 0 bridgehead atoms. The Balaban J connectivity index is 2.40. The number of aryl methyl sites for hydroxylation is 1. The van der Waals surface area contributed by atoms with E-state index < -0.39 is 11.9 Å². The second kappa shape index (κ2) is 7.73. The summed E-state index contributed by atoms with van der Waals surface area (Å²) in [6.07, 6.45) is 0. The third-order valence-electron chi connectivity index (χ3n) is 3.15. The molecule has 0 aliphatic rings. The number of carbonyl (C=O) groups is 2. The van der Waals surface area contributed by atoms with Crippen LogP contribution in [0, 0.1) is 18.7 Å². The first-order valence-corrected chi connectivity index (χ1v) is 6.72. The smallest absolute Gasteiger partial charge is 0.307 e. The number of carboxylic acid groups (broad SMARTS) is 1. The van der Waals surface area contributed by atoms with E-state index in [0.29, 0.717) is 17.7 Å². The van der Waals surface area contributed by atoms with Crippen LogP contribution in [-0.2, 0) is 16.1 Å². The van der Waals surface area contributed by atoms with Crippen LogP contribution in [0.1, 0.15) is 18.1 Å². The molecular formula is C15H21FN2O3. The lowest BCUT2D eigenvalue weighted by atomic mass is 10.1. The van der Waals surface area contributed by atoms with Gasteiger partial charge in [-0.3, -0.25) is 14.5 Å². The summed E-state index contributed by atoms with van der Waals surface area (Å²) in [5, 5.41) is 11.5. The van der Waals surface area contributed by atoms with Crippen LogP contribution in [0.2, 0.25) is 0 Å². The summed E-state index contributed by atoms with van der Waals surface area (Å²) in [5.41, 5.74) is 1.25. The third-order valence-corrected chi connectivity index (χ3v) is 3.15. The van der Waals surface area contributed by atoms with Crippen molar-refractivity contribution in [2.45, 2.75) is 20.4 Å². The minimum absolute atomic E-state index is 0.103. The molecule has 21 heavy (non-hydrogen) atoms. The highest BCUT2D eigenvalue weighted by molar-refractivity contribution is 5.78. The van der Waals surface area contributed by atoms with E-state index in [0.717, 1.165) is 0 Å². The van der Waals surface area contributed by atoms with Crippen LogP contribution >= 0.6 is 0 Å². The van der Waals surface area contributed by atoms with Crippen LogP contribution < -0.4 is 5.32 Å². The highest BCUT2D eigenvalue weighted by Gasteiger charge is 2.15. The van der Waals surface area contributed by atoms with Gasteiger partial charge >= 0.3 is 5.97 Å². The Bertz CT molecular complexity index is 520. The highest BCUT2D eigenvalue weighted by Crippen LogP contribution is 2.08. The van der Waals surface area contributed by atoms with E-state index in [-0.39, 0.29) is 24.8 Å². The lowest BCUT2D eigenvalue weighted by Crippen LogP contribution is -2.38. The van der Waals surface area contributed by atoms with Crippen LogP contribution in [0.3, 0.4) is 0 Å². The number of carbonyl (C=O) groups excluding carboxylic acids is 1. The van der Waals surface area contributed by atoms with Crippen molar-refractivity contribution >= 4 is 11.9 Å². The van der Waals surface area contributed by atoms with E-state index in [2.05, 4.69) is 5.32 Å². The van der Waals surface area contributed by atoms with Crippen LogP contribution in [0.15, 0.2) is 18.2 Å². The molecule has 116 valence electrons. The fourth-order valence-electron chi connectivity index (χ4n) is 1.86. The molecule has 1 atom stereocenters. The van der Waals surface area contributed by atoms with Crippen molar-refractivity contribution in [3.05, 3.63) is 35.1 Å². The van der Waals surface area contributed by atoms with Crippen molar-refractivity contribution in [2.24, 2.45) is 5.92 Å². The number of nitrogens with one attached hydrogen (secondary N) is 1. The van der Waals surface area contributed by atoms with Gasteiger partial charge in [0.05, 0.1) is 12.5 Å². The summed E-state index contributed by atoms with van der Waals surface area (Å²) in [4.78, 5) is 24.1. The van der Waals surface area contributed by atoms with Gasteiger partial charge in [0.2, 0.25) is 5.91 Å². The number of hydrogen-bond donors (Lipinski definition) is 2. The summed E-state index contributed by atoms with van der Waals surface area (Å²) >= 11 is 0. The Hall–Kier alpha value is -1.95. The van der Waals surface area contributed by atoms with E-state index in [1.807, 2.05) is 0 Å². The third kappa shape index (κ3) is 5.91. The van der Waals surface area contributed by atoms with Gasteiger partial charge in [-0.2, -0.15) is 0 Å². The van der Waals surface area contributed by atoms with Gasteiger partial charge < -0.3 is 10.4 Å². The number of rotatable bonds is 7.